The van der Waals surface area contributed by atoms with E-state index in [-0.39, 0.29) is 16.4 Å². The summed E-state index contributed by atoms with van der Waals surface area (Å²) in [6.45, 7) is 3.25. The molecule has 1 aliphatic carbocycles. The zero-order chi connectivity index (χ0) is 17.3. The van der Waals surface area contributed by atoms with Gasteiger partial charge in [-0.3, -0.25) is 4.79 Å². The van der Waals surface area contributed by atoms with E-state index in [1.807, 2.05) is 11.8 Å². The fourth-order valence-corrected chi connectivity index (χ4v) is 4.65. The number of primary sulfonamides is 1. The van der Waals surface area contributed by atoms with Crippen molar-refractivity contribution >= 4 is 15.9 Å². The number of likely N-dealkylation sites (tertiary alicyclic amines) is 1. The number of carbonyl (C=O) groups is 1. The van der Waals surface area contributed by atoms with Gasteiger partial charge in [0.05, 0.1) is 10.5 Å². The van der Waals surface area contributed by atoms with Crippen LogP contribution >= 0.6 is 0 Å². The lowest BCUT2D eigenvalue weighted by Crippen LogP contribution is -2.34. The molecule has 0 spiro atoms. The molecule has 0 aromatic heterocycles. The first-order valence-electron chi connectivity index (χ1n) is 8.79. The standard InChI is InChI=1S/C18H26N2O3S/c1-13-7-8-17(24(19,22)23)16(12-13)18(21)20-10-3-6-15(9-11-20)14-4-2-5-14/h7-8,12,14-15H,2-6,9-11H2,1H3,(H2,19,22,23)/t15-/m0/s1. The molecule has 132 valence electrons. The Morgan fingerprint density at radius 1 is 1.08 bits per heavy atom. The maximum atomic E-state index is 12.9. The van der Waals surface area contributed by atoms with E-state index in [1.165, 1.54) is 31.7 Å². The van der Waals surface area contributed by atoms with E-state index in [9.17, 15) is 13.2 Å². The van der Waals surface area contributed by atoms with E-state index in [4.69, 9.17) is 5.14 Å². The second kappa shape index (κ2) is 6.84. The van der Waals surface area contributed by atoms with E-state index in [2.05, 4.69) is 0 Å². The summed E-state index contributed by atoms with van der Waals surface area (Å²) in [6, 6.07) is 4.74. The molecule has 5 nitrogen and oxygen atoms in total. The predicted molar refractivity (Wildman–Crippen MR) is 93.1 cm³/mol. The summed E-state index contributed by atoms with van der Waals surface area (Å²) in [4.78, 5) is 14.7. The Kier molecular flexibility index (Phi) is 4.97. The van der Waals surface area contributed by atoms with Crippen molar-refractivity contribution in [2.24, 2.45) is 17.0 Å². The fourth-order valence-electron chi connectivity index (χ4n) is 3.94. The highest BCUT2D eigenvalue weighted by molar-refractivity contribution is 7.89. The molecule has 1 saturated carbocycles. The van der Waals surface area contributed by atoms with Crippen molar-refractivity contribution < 1.29 is 13.2 Å². The van der Waals surface area contributed by atoms with Crippen LogP contribution in [0.1, 0.15) is 54.4 Å². The Morgan fingerprint density at radius 3 is 2.38 bits per heavy atom. The Balaban J connectivity index is 1.80. The SMILES string of the molecule is Cc1ccc(S(N)(=O)=O)c(C(=O)N2CCC[C@H](C3CCC3)CC2)c1. The van der Waals surface area contributed by atoms with E-state index in [0.717, 1.165) is 24.3 Å². The molecular formula is C18H26N2O3S. The molecule has 2 fully saturated rings. The first-order chi connectivity index (χ1) is 11.4. The molecule has 0 radical (unpaired) electrons. The van der Waals surface area contributed by atoms with Crippen LogP contribution in [0.3, 0.4) is 0 Å². The maximum Gasteiger partial charge on any atom is 0.255 e. The van der Waals surface area contributed by atoms with Crippen LogP contribution in [-0.4, -0.2) is 32.3 Å². The number of benzene rings is 1. The average Bonchev–Trinajstić information content (AvgIpc) is 2.69. The van der Waals surface area contributed by atoms with Crippen LogP contribution in [0.25, 0.3) is 0 Å². The van der Waals surface area contributed by atoms with E-state index in [1.54, 1.807) is 12.1 Å². The highest BCUT2D eigenvalue weighted by Crippen LogP contribution is 2.38. The third-order valence-electron chi connectivity index (χ3n) is 5.55. The van der Waals surface area contributed by atoms with Crippen molar-refractivity contribution in [1.29, 1.82) is 0 Å². The van der Waals surface area contributed by atoms with Crippen molar-refractivity contribution in [3.05, 3.63) is 29.3 Å². The molecule has 24 heavy (non-hydrogen) atoms. The smallest absolute Gasteiger partial charge is 0.255 e. The normalized spacial score (nSPS) is 22.8. The number of nitrogens with zero attached hydrogens (tertiary/aromatic N) is 1. The molecule has 1 atom stereocenters. The van der Waals surface area contributed by atoms with Gasteiger partial charge in [-0.05, 0) is 50.2 Å². The second-order valence-corrected chi connectivity index (χ2v) is 8.75. The molecule has 1 aromatic carbocycles. The van der Waals surface area contributed by atoms with Crippen molar-refractivity contribution in [3.63, 3.8) is 0 Å². The largest absolute Gasteiger partial charge is 0.339 e. The van der Waals surface area contributed by atoms with Crippen molar-refractivity contribution in [2.45, 2.75) is 50.3 Å². The molecule has 0 unspecified atom stereocenters. The molecule has 2 aliphatic rings. The number of hydrogen-bond donors (Lipinski definition) is 1. The summed E-state index contributed by atoms with van der Waals surface area (Å²) in [5.74, 6) is 1.34. The Hall–Kier alpha value is -1.40. The molecule has 1 heterocycles. The van der Waals surface area contributed by atoms with Crippen LogP contribution in [0, 0.1) is 18.8 Å². The lowest BCUT2D eigenvalue weighted by Gasteiger charge is -2.33. The first kappa shape index (κ1) is 17.4. The molecule has 1 aliphatic heterocycles. The summed E-state index contributed by atoms with van der Waals surface area (Å²) in [6.07, 6.45) is 7.17. The number of carbonyl (C=O) groups excluding carboxylic acids is 1. The number of sulfonamides is 1. The monoisotopic (exact) mass is 350 g/mol. The molecule has 6 heteroatoms. The van der Waals surface area contributed by atoms with Crippen molar-refractivity contribution in [1.82, 2.24) is 4.90 Å². The van der Waals surface area contributed by atoms with Gasteiger partial charge < -0.3 is 4.90 Å². The van der Waals surface area contributed by atoms with Gasteiger partial charge in [-0.1, -0.05) is 30.9 Å². The van der Waals surface area contributed by atoms with Gasteiger partial charge in [-0.25, -0.2) is 13.6 Å². The zero-order valence-corrected chi connectivity index (χ0v) is 15.0. The molecule has 1 saturated heterocycles. The van der Waals surface area contributed by atoms with E-state index >= 15 is 0 Å². The molecule has 0 bridgehead atoms. The number of hydrogen-bond acceptors (Lipinski definition) is 3. The van der Waals surface area contributed by atoms with Crippen LogP contribution in [0.15, 0.2) is 23.1 Å². The number of nitrogens with two attached hydrogens (primary N) is 1. The first-order valence-corrected chi connectivity index (χ1v) is 10.3. The zero-order valence-electron chi connectivity index (χ0n) is 14.2. The minimum Gasteiger partial charge on any atom is -0.339 e. The van der Waals surface area contributed by atoms with Crippen LogP contribution in [0.4, 0.5) is 0 Å². The van der Waals surface area contributed by atoms with E-state index in [0.29, 0.717) is 19.0 Å². The van der Waals surface area contributed by atoms with E-state index < -0.39 is 10.0 Å². The molecular weight excluding hydrogens is 324 g/mol. The van der Waals surface area contributed by atoms with Gasteiger partial charge >= 0.3 is 0 Å². The lowest BCUT2D eigenvalue weighted by molar-refractivity contribution is 0.0752. The average molecular weight is 350 g/mol. The van der Waals surface area contributed by atoms with Gasteiger partial charge in [-0.2, -0.15) is 0 Å². The Bertz CT molecular complexity index is 726. The molecule has 1 aromatic rings. The molecule has 2 N–H and O–H groups in total. The highest BCUT2D eigenvalue weighted by atomic mass is 32.2. The lowest BCUT2D eigenvalue weighted by atomic mass is 9.73. The second-order valence-electron chi connectivity index (χ2n) is 7.22. The Morgan fingerprint density at radius 2 is 1.75 bits per heavy atom. The fraction of sp³-hybridized carbons (Fsp3) is 0.611. The van der Waals surface area contributed by atoms with Gasteiger partial charge in [0.15, 0.2) is 0 Å². The van der Waals surface area contributed by atoms with Gasteiger partial charge in [-0.15, -0.1) is 0 Å². The molecule has 3 rings (SSSR count). The third-order valence-corrected chi connectivity index (χ3v) is 6.52. The Labute approximate surface area is 144 Å². The topological polar surface area (TPSA) is 80.5 Å². The maximum absolute atomic E-state index is 12.9. The van der Waals surface area contributed by atoms with Crippen LogP contribution < -0.4 is 5.14 Å². The number of rotatable bonds is 3. The summed E-state index contributed by atoms with van der Waals surface area (Å²) in [5.41, 5.74) is 1.06. The van der Waals surface area contributed by atoms with Crippen LogP contribution in [-0.2, 0) is 10.0 Å². The van der Waals surface area contributed by atoms with Gasteiger partial charge in [0.25, 0.3) is 5.91 Å². The number of amides is 1. The minimum atomic E-state index is -3.91. The highest BCUT2D eigenvalue weighted by Gasteiger charge is 2.31. The summed E-state index contributed by atoms with van der Waals surface area (Å²) >= 11 is 0. The van der Waals surface area contributed by atoms with Gasteiger partial charge in [0.2, 0.25) is 10.0 Å². The summed E-state index contributed by atoms with van der Waals surface area (Å²) < 4.78 is 23.6. The van der Waals surface area contributed by atoms with Gasteiger partial charge in [0, 0.05) is 13.1 Å². The van der Waals surface area contributed by atoms with Crippen LogP contribution in [0.2, 0.25) is 0 Å². The predicted octanol–water partition coefficient (Wildman–Crippen LogP) is 2.68. The number of aryl methyl sites for hydroxylation is 1. The summed E-state index contributed by atoms with van der Waals surface area (Å²) in [7, 11) is -3.91. The quantitative estimate of drug-likeness (QED) is 0.910. The van der Waals surface area contributed by atoms with Crippen molar-refractivity contribution in [2.75, 3.05) is 13.1 Å². The van der Waals surface area contributed by atoms with Crippen LogP contribution in [0.5, 0.6) is 0 Å². The summed E-state index contributed by atoms with van der Waals surface area (Å²) in [5, 5.41) is 5.29. The third kappa shape index (κ3) is 3.64. The minimum absolute atomic E-state index is 0.0714. The molecule has 1 amide bonds. The van der Waals surface area contributed by atoms with Crippen molar-refractivity contribution in [3.8, 4) is 0 Å². The van der Waals surface area contributed by atoms with Gasteiger partial charge in [0.1, 0.15) is 0 Å².